The average Bonchev–Trinajstić information content (AvgIpc) is 2.43. The first kappa shape index (κ1) is 11.8. The van der Waals surface area contributed by atoms with Gasteiger partial charge in [0, 0.05) is 0 Å². The third kappa shape index (κ3) is 1.81. The number of nitriles is 2. The summed E-state index contributed by atoms with van der Waals surface area (Å²) in [4.78, 5) is 0. The third-order valence-corrected chi connectivity index (χ3v) is 2.72. The van der Waals surface area contributed by atoms with Gasteiger partial charge in [0.25, 0.3) is 0 Å². The topological polar surface area (TPSA) is 66.0 Å². The molecule has 0 fully saturated rings. The smallest absolute Gasteiger partial charge is 0.161 e. The Bertz CT molecular complexity index is 633. The monoisotopic (exact) mass is 238 g/mol. The number of hydrogen-bond donors (Lipinski definition) is 0. The van der Waals surface area contributed by atoms with Gasteiger partial charge >= 0.3 is 0 Å². The fourth-order valence-electron chi connectivity index (χ4n) is 1.81. The molecule has 0 aliphatic carbocycles. The highest BCUT2D eigenvalue weighted by Gasteiger charge is 2.09. The van der Waals surface area contributed by atoms with E-state index in [1.165, 1.54) is 0 Å². The lowest BCUT2D eigenvalue weighted by Crippen LogP contribution is -1.92. The van der Waals surface area contributed by atoms with Gasteiger partial charge in [0.15, 0.2) is 11.5 Å². The standard InChI is InChI=1S/C14H10N2O2/c1-17-13-5-9-3-11(7-15)12(8-16)4-10(9)6-14(13)18-2/h3-6H,1-2H3. The van der Waals surface area contributed by atoms with Crippen molar-refractivity contribution in [3.63, 3.8) is 0 Å². The molecule has 18 heavy (non-hydrogen) atoms. The Labute approximate surface area is 105 Å². The summed E-state index contributed by atoms with van der Waals surface area (Å²) in [6.07, 6.45) is 0. The summed E-state index contributed by atoms with van der Waals surface area (Å²) in [5.74, 6) is 1.19. The van der Waals surface area contributed by atoms with Crippen molar-refractivity contribution in [1.82, 2.24) is 0 Å². The highest BCUT2D eigenvalue weighted by Crippen LogP contribution is 2.33. The van der Waals surface area contributed by atoms with Gasteiger partial charge in [-0.1, -0.05) is 0 Å². The van der Waals surface area contributed by atoms with E-state index < -0.39 is 0 Å². The van der Waals surface area contributed by atoms with Gasteiger partial charge in [-0.2, -0.15) is 10.5 Å². The summed E-state index contributed by atoms with van der Waals surface area (Å²) in [6.45, 7) is 0. The third-order valence-electron chi connectivity index (χ3n) is 2.72. The zero-order valence-electron chi connectivity index (χ0n) is 10.0. The molecule has 0 aliphatic heterocycles. The summed E-state index contributed by atoms with van der Waals surface area (Å²) in [6, 6.07) is 10.9. The van der Waals surface area contributed by atoms with Gasteiger partial charge in [-0.15, -0.1) is 0 Å². The lowest BCUT2D eigenvalue weighted by molar-refractivity contribution is 0.356. The predicted octanol–water partition coefficient (Wildman–Crippen LogP) is 2.60. The Morgan fingerprint density at radius 1 is 0.778 bits per heavy atom. The average molecular weight is 238 g/mol. The normalized spacial score (nSPS) is 9.56. The van der Waals surface area contributed by atoms with Crippen LogP contribution in [0.2, 0.25) is 0 Å². The molecule has 0 heterocycles. The van der Waals surface area contributed by atoms with E-state index in [1.54, 1.807) is 38.5 Å². The van der Waals surface area contributed by atoms with Crippen LogP contribution in [0.25, 0.3) is 10.8 Å². The number of ether oxygens (including phenoxy) is 2. The van der Waals surface area contributed by atoms with E-state index >= 15 is 0 Å². The van der Waals surface area contributed by atoms with Gasteiger partial charge in [0.05, 0.1) is 25.3 Å². The number of methoxy groups -OCH3 is 2. The molecular weight excluding hydrogens is 228 g/mol. The SMILES string of the molecule is COc1cc2cc(C#N)c(C#N)cc2cc1OC. The summed E-state index contributed by atoms with van der Waals surface area (Å²) in [5.41, 5.74) is 0.717. The zero-order valence-corrected chi connectivity index (χ0v) is 10.0. The van der Waals surface area contributed by atoms with Crippen LogP contribution in [-0.2, 0) is 0 Å². The lowest BCUT2D eigenvalue weighted by Gasteiger charge is -2.09. The first-order valence-electron chi connectivity index (χ1n) is 5.23. The molecule has 0 unspecified atom stereocenters. The molecule has 88 valence electrons. The van der Waals surface area contributed by atoms with Gasteiger partial charge in [0.2, 0.25) is 0 Å². The molecule has 0 radical (unpaired) electrons. The molecule has 0 saturated carbocycles. The molecular formula is C14H10N2O2. The number of rotatable bonds is 2. The van der Waals surface area contributed by atoms with Crippen LogP contribution in [0.15, 0.2) is 24.3 Å². The fraction of sp³-hybridized carbons (Fsp3) is 0.143. The molecule has 0 N–H and O–H groups in total. The Balaban J connectivity index is 2.79. The molecule has 0 spiro atoms. The Morgan fingerprint density at radius 2 is 1.17 bits per heavy atom. The molecule has 0 saturated heterocycles. The van der Waals surface area contributed by atoms with Crippen LogP contribution in [-0.4, -0.2) is 14.2 Å². The lowest BCUT2D eigenvalue weighted by atomic mass is 10.0. The van der Waals surface area contributed by atoms with Crippen molar-refractivity contribution in [3.8, 4) is 23.6 Å². The van der Waals surface area contributed by atoms with E-state index in [2.05, 4.69) is 0 Å². The molecule has 0 bridgehead atoms. The maximum absolute atomic E-state index is 8.98. The van der Waals surface area contributed by atoms with E-state index in [9.17, 15) is 0 Å². The molecule has 4 nitrogen and oxygen atoms in total. The summed E-state index contributed by atoms with van der Waals surface area (Å²) >= 11 is 0. The van der Waals surface area contributed by atoms with E-state index in [1.807, 2.05) is 12.1 Å². The quantitative estimate of drug-likeness (QED) is 0.806. The van der Waals surface area contributed by atoms with Gasteiger partial charge in [0.1, 0.15) is 12.1 Å². The summed E-state index contributed by atoms with van der Waals surface area (Å²) < 4.78 is 10.4. The molecule has 0 atom stereocenters. The maximum Gasteiger partial charge on any atom is 0.161 e. The van der Waals surface area contributed by atoms with Crippen LogP contribution in [0.4, 0.5) is 0 Å². The van der Waals surface area contributed by atoms with Crippen molar-refractivity contribution < 1.29 is 9.47 Å². The van der Waals surface area contributed by atoms with Crippen molar-refractivity contribution in [2.24, 2.45) is 0 Å². The van der Waals surface area contributed by atoms with Gasteiger partial charge in [-0.05, 0) is 35.0 Å². The van der Waals surface area contributed by atoms with E-state index in [0.717, 1.165) is 10.8 Å². The van der Waals surface area contributed by atoms with Crippen LogP contribution in [0.1, 0.15) is 11.1 Å². The molecule has 0 aromatic heterocycles. The van der Waals surface area contributed by atoms with Crippen LogP contribution >= 0.6 is 0 Å². The van der Waals surface area contributed by atoms with Gasteiger partial charge in [-0.25, -0.2) is 0 Å². The van der Waals surface area contributed by atoms with Gasteiger partial charge < -0.3 is 9.47 Å². The highest BCUT2D eigenvalue weighted by molar-refractivity contribution is 5.88. The van der Waals surface area contributed by atoms with Crippen LogP contribution in [0.3, 0.4) is 0 Å². The summed E-state index contributed by atoms with van der Waals surface area (Å²) in [5, 5.41) is 19.6. The molecule has 0 aliphatic rings. The number of hydrogen-bond acceptors (Lipinski definition) is 4. The Hall–Kier alpha value is -2.72. The van der Waals surface area contributed by atoms with Crippen molar-refractivity contribution in [1.29, 1.82) is 10.5 Å². The van der Waals surface area contributed by atoms with Crippen LogP contribution < -0.4 is 9.47 Å². The number of fused-ring (bicyclic) bond motifs is 1. The zero-order chi connectivity index (χ0) is 13.1. The Morgan fingerprint density at radius 3 is 1.44 bits per heavy atom. The van der Waals surface area contributed by atoms with E-state index in [0.29, 0.717) is 22.6 Å². The minimum Gasteiger partial charge on any atom is -0.493 e. The fourth-order valence-corrected chi connectivity index (χ4v) is 1.81. The maximum atomic E-state index is 8.98. The van der Waals surface area contributed by atoms with Gasteiger partial charge in [-0.3, -0.25) is 0 Å². The van der Waals surface area contributed by atoms with Crippen LogP contribution in [0.5, 0.6) is 11.5 Å². The van der Waals surface area contributed by atoms with Crippen molar-refractivity contribution in [2.75, 3.05) is 14.2 Å². The second-order valence-corrected chi connectivity index (χ2v) is 3.68. The van der Waals surface area contributed by atoms with E-state index in [4.69, 9.17) is 20.0 Å². The molecule has 4 heteroatoms. The minimum atomic E-state index is 0.359. The molecule has 2 aromatic carbocycles. The van der Waals surface area contributed by atoms with E-state index in [-0.39, 0.29) is 0 Å². The molecule has 2 rings (SSSR count). The largest absolute Gasteiger partial charge is 0.493 e. The number of nitrogens with zero attached hydrogens (tertiary/aromatic N) is 2. The Kier molecular flexibility index (Phi) is 3.03. The van der Waals surface area contributed by atoms with Crippen molar-refractivity contribution in [3.05, 3.63) is 35.4 Å². The van der Waals surface area contributed by atoms with Crippen molar-refractivity contribution >= 4 is 10.8 Å². The first-order chi connectivity index (χ1) is 8.73. The summed E-state index contributed by atoms with van der Waals surface area (Å²) in [7, 11) is 3.11. The number of benzene rings is 2. The first-order valence-corrected chi connectivity index (χ1v) is 5.23. The predicted molar refractivity (Wildman–Crippen MR) is 66.5 cm³/mol. The molecule has 2 aromatic rings. The molecule has 0 amide bonds. The van der Waals surface area contributed by atoms with Crippen molar-refractivity contribution in [2.45, 2.75) is 0 Å². The highest BCUT2D eigenvalue weighted by atomic mass is 16.5. The second kappa shape index (κ2) is 4.65. The van der Waals surface area contributed by atoms with Crippen LogP contribution in [0, 0.1) is 22.7 Å². The second-order valence-electron chi connectivity index (χ2n) is 3.68. The minimum absolute atomic E-state index is 0.359.